The van der Waals surface area contributed by atoms with E-state index in [9.17, 15) is 9.59 Å². The van der Waals surface area contributed by atoms with Crippen LogP contribution < -0.4 is 5.56 Å². The number of aromatic nitrogens is 3. The highest BCUT2D eigenvalue weighted by molar-refractivity contribution is 5.87. The van der Waals surface area contributed by atoms with Gasteiger partial charge in [0.15, 0.2) is 5.82 Å². The van der Waals surface area contributed by atoms with Crippen LogP contribution in [-0.2, 0) is 19.4 Å². The van der Waals surface area contributed by atoms with Crippen molar-refractivity contribution in [1.82, 2.24) is 19.7 Å². The number of nitrogens with zero attached hydrogens (tertiary/aromatic N) is 3. The van der Waals surface area contributed by atoms with Crippen LogP contribution in [0, 0.1) is 0 Å². The Labute approximate surface area is 162 Å². The molecule has 1 aliphatic rings. The van der Waals surface area contributed by atoms with Crippen LogP contribution in [0.4, 0.5) is 0 Å². The fourth-order valence-electron chi connectivity index (χ4n) is 3.77. The molecule has 2 N–H and O–H groups in total. The second kappa shape index (κ2) is 7.44. The first-order valence-electron chi connectivity index (χ1n) is 9.29. The van der Waals surface area contributed by atoms with Gasteiger partial charge in [0.05, 0.1) is 5.56 Å². The average Bonchev–Trinajstić information content (AvgIpc) is 3.05. The molecule has 0 aliphatic heterocycles. The van der Waals surface area contributed by atoms with E-state index in [-0.39, 0.29) is 11.1 Å². The molecule has 1 atom stereocenters. The molecule has 0 bridgehead atoms. The maximum atomic E-state index is 12.9. The Balaban J connectivity index is 1.54. The lowest BCUT2D eigenvalue weighted by Gasteiger charge is -2.30. The lowest BCUT2D eigenvalue weighted by atomic mass is 9.92. The van der Waals surface area contributed by atoms with Gasteiger partial charge in [-0.3, -0.25) is 14.8 Å². The zero-order valence-electron chi connectivity index (χ0n) is 15.6. The molecule has 0 radical (unpaired) electrons. The van der Waals surface area contributed by atoms with Gasteiger partial charge < -0.3 is 5.11 Å². The molecule has 0 saturated carbocycles. The fourth-order valence-corrected chi connectivity index (χ4v) is 3.77. The Hall–Kier alpha value is -3.19. The van der Waals surface area contributed by atoms with E-state index in [0.29, 0.717) is 18.3 Å². The number of carboxylic acids is 1. The highest BCUT2D eigenvalue weighted by Crippen LogP contribution is 2.22. The molecule has 0 saturated heterocycles. The number of aromatic carboxylic acids is 1. The first-order chi connectivity index (χ1) is 13.5. The largest absolute Gasteiger partial charge is 0.478 e. The number of aromatic amines is 1. The van der Waals surface area contributed by atoms with E-state index in [4.69, 9.17) is 5.11 Å². The number of carboxylic acid groups (broad SMARTS) is 1. The number of pyridine rings is 1. The van der Waals surface area contributed by atoms with Crippen LogP contribution in [-0.4, -0.2) is 43.8 Å². The van der Waals surface area contributed by atoms with E-state index in [1.54, 1.807) is 6.07 Å². The van der Waals surface area contributed by atoms with Crippen molar-refractivity contribution in [2.75, 3.05) is 7.05 Å². The molecule has 144 valence electrons. The molecule has 3 aromatic rings. The van der Waals surface area contributed by atoms with Gasteiger partial charge >= 0.3 is 5.97 Å². The van der Waals surface area contributed by atoms with Gasteiger partial charge in [0, 0.05) is 30.0 Å². The molecule has 0 amide bonds. The second-order valence-corrected chi connectivity index (χ2v) is 7.22. The number of hydrogen-bond donors (Lipinski definition) is 2. The Bertz CT molecular complexity index is 1040. The maximum Gasteiger partial charge on any atom is 0.337 e. The van der Waals surface area contributed by atoms with Gasteiger partial charge in [0.2, 0.25) is 0 Å². The Morgan fingerprint density at radius 2 is 2.07 bits per heavy atom. The van der Waals surface area contributed by atoms with E-state index in [1.165, 1.54) is 22.5 Å². The Morgan fingerprint density at radius 1 is 1.29 bits per heavy atom. The van der Waals surface area contributed by atoms with E-state index in [1.807, 2.05) is 18.2 Å². The van der Waals surface area contributed by atoms with Crippen LogP contribution in [0.2, 0.25) is 0 Å². The Kier molecular flexibility index (Phi) is 4.83. The molecule has 0 fully saturated rings. The number of rotatable bonds is 5. The summed E-state index contributed by atoms with van der Waals surface area (Å²) < 4.78 is 1.41. The first-order valence-corrected chi connectivity index (χ1v) is 9.29. The van der Waals surface area contributed by atoms with Crippen LogP contribution in [0.15, 0.2) is 53.5 Å². The molecular formula is C21H22N4O3. The fraction of sp³-hybridized carbons (Fsp3) is 0.286. The van der Waals surface area contributed by atoms with Crippen LogP contribution in [0.3, 0.4) is 0 Å². The van der Waals surface area contributed by atoms with E-state index in [2.05, 4.69) is 34.2 Å². The van der Waals surface area contributed by atoms with Crippen molar-refractivity contribution in [1.29, 1.82) is 0 Å². The minimum atomic E-state index is -1.04. The lowest BCUT2D eigenvalue weighted by molar-refractivity contribution is 0.0696. The Morgan fingerprint density at radius 3 is 2.75 bits per heavy atom. The number of H-pyrrole nitrogens is 1. The third-order valence-electron chi connectivity index (χ3n) is 5.36. The summed E-state index contributed by atoms with van der Waals surface area (Å²) in [6.07, 6.45) is 3.73. The summed E-state index contributed by atoms with van der Waals surface area (Å²) in [7, 11) is 2.10. The predicted octanol–water partition coefficient (Wildman–Crippen LogP) is 2.25. The molecule has 0 spiro atoms. The second-order valence-electron chi connectivity index (χ2n) is 7.22. The number of benzene rings is 1. The molecule has 1 aromatic carbocycles. The van der Waals surface area contributed by atoms with Gasteiger partial charge in [-0.05, 0) is 44.0 Å². The SMILES string of the molecule is CN(Cc1ccccc1)C1CCc2[nH]n(-c3ccc(C(=O)O)cn3)c(=O)c2C1. The molecule has 7 heteroatoms. The standard InChI is InChI=1S/C21H22N4O3/c1-24(13-14-5-3-2-4-6-14)16-8-9-18-17(11-16)20(26)25(23-18)19-10-7-15(12-22-19)21(27)28/h2-7,10,12,16,23H,8-9,11,13H2,1H3,(H,27,28). The van der Waals surface area contributed by atoms with Gasteiger partial charge in [-0.15, -0.1) is 0 Å². The molecule has 4 rings (SSSR count). The molecule has 28 heavy (non-hydrogen) atoms. The van der Waals surface area contributed by atoms with Crippen LogP contribution >= 0.6 is 0 Å². The quantitative estimate of drug-likeness (QED) is 0.711. The van der Waals surface area contributed by atoms with Crippen molar-refractivity contribution >= 4 is 5.97 Å². The number of aryl methyl sites for hydroxylation is 1. The van der Waals surface area contributed by atoms with E-state index >= 15 is 0 Å². The number of nitrogens with one attached hydrogen (secondary N) is 1. The minimum absolute atomic E-state index is 0.0933. The van der Waals surface area contributed by atoms with Gasteiger partial charge in [-0.1, -0.05) is 30.3 Å². The molecule has 1 aliphatic carbocycles. The maximum absolute atomic E-state index is 12.9. The van der Waals surface area contributed by atoms with E-state index < -0.39 is 5.97 Å². The third kappa shape index (κ3) is 3.48. The predicted molar refractivity (Wildman–Crippen MR) is 105 cm³/mol. The van der Waals surface area contributed by atoms with Crippen molar-refractivity contribution in [2.24, 2.45) is 0 Å². The van der Waals surface area contributed by atoms with Gasteiger partial charge in [0.1, 0.15) is 0 Å². The van der Waals surface area contributed by atoms with Crippen molar-refractivity contribution < 1.29 is 9.90 Å². The topological polar surface area (TPSA) is 91.2 Å². The summed E-state index contributed by atoms with van der Waals surface area (Å²) >= 11 is 0. The van der Waals surface area contributed by atoms with Crippen molar-refractivity contribution in [3.63, 3.8) is 0 Å². The lowest BCUT2D eigenvalue weighted by Crippen LogP contribution is -2.37. The molecular weight excluding hydrogens is 356 g/mol. The smallest absolute Gasteiger partial charge is 0.337 e. The minimum Gasteiger partial charge on any atom is -0.478 e. The number of fused-ring (bicyclic) bond motifs is 1. The normalized spacial score (nSPS) is 16.1. The first kappa shape index (κ1) is 18.2. The van der Waals surface area contributed by atoms with Crippen molar-refractivity contribution in [3.8, 4) is 5.82 Å². The summed E-state index contributed by atoms with van der Waals surface area (Å²) in [5.41, 5.74) is 2.97. The average molecular weight is 378 g/mol. The van der Waals surface area contributed by atoms with Crippen LogP contribution in [0.5, 0.6) is 0 Å². The number of hydrogen-bond acceptors (Lipinski definition) is 4. The van der Waals surface area contributed by atoms with E-state index in [0.717, 1.165) is 30.6 Å². The highest BCUT2D eigenvalue weighted by Gasteiger charge is 2.27. The highest BCUT2D eigenvalue weighted by atomic mass is 16.4. The third-order valence-corrected chi connectivity index (χ3v) is 5.36. The van der Waals surface area contributed by atoms with Gasteiger partial charge in [-0.2, -0.15) is 0 Å². The summed E-state index contributed by atoms with van der Waals surface area (Å²) in [6.45, 7) is 0.845. The van der Waals surface area contributed by atoms with Crippen LogP contribution in [0.1, 0.15) is 33.6 Å². The molecule has 7 nitrogen and oxygen atoms in total. The van der Waals surface area contributed by atoms with Crippen molar-refractivity contribution in [2.45, 2.75) is 31.8 Å². The van der Waals surface area contributed by atoms with Gasteiger partial charge in [-0.25, -0.2) is 14.5 Å². The molecule has 2 heterocycles. The van der Waals surface area contributed by atoms with Crippen molar-refractivity contribution in [3.05, 3.63) is 81.4 Å². The number of carbonyl (C=O) groups is 1. The summed E-state index contributed by atoms with van der Waals surface area (Å²) in [4.78, 5) is 30.3. The molecule has 1 unspecified atom stereocenters. The summed E-state index contributed by atoms with van der Waals surface area (Å²) in [5, 5.41) is 12.2. The monoisotopic (exact) mass is 378 g/mol. The van der Waals surface area contributed by atoms with Crippen LogP contribution in [0.25, 0.3) is 5.82 Å². The number of likely N-dealkylation sites (N-methyl/N-ethyl adjacent to an activating group) is 1. The summed E-state index contributed by atoms with van der Waals surface area (Å²) in [5.74, 6) is -0.639. The van der Waals surface area contributed by atoms with Gasteiger partial charge in [0.25, 0.3) is 5.56 Å². The zero-order chi connectivity index (χ0) is 19.7. The zero-order valence-corrected chi connectivity index (χ0v) is 15.6. The summed E-state index contributed by atoms with van der Waals surface area (Å²) in [6, 6.07) is 13.6. The molecule has 2 aromatic heterocycles.